The Hall–Kier alpha value is -2.42. The van der Waals surface area contributed by atoms with Gasteiger partial charge in [-0.3, -0.25) is 14.4 Å². The van der Waals surface area contributed by atoms with Crippen LogP contribution in [-0.2, 0) is 25.5 Å². The maximum Gasteiger partial charge on any atom is 0.311 e. The van der Waals surface area contributed by atoms with Crippen LogP contribution in [0.25, 0.3) is 0 Å². The largest absolute Gasteiger partial charge is 0.469 e. The van der Waals surface area contributed by atoms with Gasteiger partial charge in [0.1, 0.15) is 11.4 Å². The van der Waals surface area contributed by atoms with Crippen molar-refractivity contribution in [3.63, 3.8) is 0 Å². The summed E-state index contributed by atoms with van der Waals surface area (Å²) in [6, 6.07) is 6.87. The Morgan fingerprint density at radius 3 is 2.35 bits per heavy atom. The lowest BCUT2D eigenvalue weighted by Crippen LogP contribution is -2.74. The smallest absolute Gasteiger partial charge is 0.311 e. The van der Waals surface area contributed by atoms with E-state index >= 15 is 0 Å². The van der Waals surface area contributed by atoms with Crippen LogP contribution in [0.15, 0.2) is 36.5 Å². The molecule has 2 aromatic rings. The van der Waals surface area contributed by atoms with Gasteiger partial charge < -0.3 is 15.4 Å². The minimum absolute atomic E-state index is 0.0759. The monoisotopic (exact) mass is 527 g/mol. The summed E-state index contributed by atoms with van der Waals surface area (Å²) in [6.07, 6.45) is 2.51. The van der Waals surface area contributed by atoms with E-state index in [1.165, 1.54) is 13.3 Å². The summed E-state index contributed by atoms with van der Waals surface area (Å²) in [4.78, 5) is 42.0. The van der Waals surface area contributed by atoms with Crippen molar-refractivity contribution in [2.45, 2.75) is 37.1 Å². The van der Waals surface area contributed by atoms with Crippen molar-refractivity contribution < 1.29 is 23.5 Å². The first-order valence-electron chi connectivity index (χ1n) is 10.5. The van der Waals surface area contributed by atoms with E-state index in [9.17, 15) is 18.8 Å². The molecule has 0 saturated heterocycles. The predicted octanol–water partition coefficient (Wildman–Crippen LogP) is 4.14. The number of nitrogens with zero attached hydrogens (tertiary/aromatic N) is 1. The lowest BCUT2D eigenvalue weighted by Gasteiger charge is -2.70. The Balaban J connectivity index is 1.50. The molecule has 34 heavy (non-hydrogen) atoms. The van der Waals surface area contributed by atoms with Crippen LogP contribution < -0.4 is 10.6 Å². The van der Waals surface area contributed by atoms with Gasteiger partial charge in [0.05, 0.1) is 17.5 Å². The molecule has 2 amide bonds. The molecule has 3 aliphatic carbocycles. The second kappa shape index (κ2) is 9.32. The van der Waals surface area contributed by atoms with Gasteiger partial charge in [0.2, 0.25) is 11.8 Å². The number of amides is 2. The standard InChI is InChI=1S/C23H21Cl3FN3O4/c1-34-21(33)23-9-22(10-23,11-23)17(20(32)30-18-16(27)7-14(25)8-28-18)29-19(31)15(26)6-12-2-4-13(24)5-3-12/h2-5,7-8,15,17H,6,9-11H2,1H3,(H,29,31)(H,28,30,32). The summed E-state index contributed by atoms with van der Waals surface area (Å²) < 4.78 is 19.1. The van der Waals surface area contributed by atoms with Gasteiger partial charge in [-0.2, -0.15) is 0 Å². The first kappa shape index (κ1) is 24.7. The summed E-state index contributed by atoms with van der Waals surface area (Å²) in [7, 11) is 1.31. The minimum Gasteiger partial charge on any atom is -0.469 e. The van der Waals surface area contributed by atoms with Gasteiger partial charge in [-0.15, -0.1) is 11.6 Å². The van der Waals surface area contributed by atoms with Crippen molar-refractivity contribution >= 4 is 58.4 Å². The van der Waals surface area contributed by atoms with Crippen LogP contribution in [0.2, 0.25) is 10.0 Å². The normalized spacial score (nSPS) is 24.1. The number of rotatable bonds is 8. The summed E-state index contributed by atoms with van der Waals surface area (Å²) in [5, 5.41) is 4.80. The third-order valence-electron chi connectivity index (χ3n) is 6.51. The van der Waals surface area contributed by atoms with Crippen LogP contribution in [0.1, 0.15) is 24.8 Å². The Morgan fingerprint density at radius 1 is 1.12 bits per heavy atom. The molecule has 2 bridgehead atoms. The van der Waals surface area contributed by atoms with Crippen LogP contribution in [0, 0.1) is 16.6 Å². The molecule has 0 spiro atoms. The maximum atomic E-state index is 14.2. The molecular formula is C23H21Cl3FN3O4. The molecule has 2 unspecified atom stereocenters. The molecule has 3 aliphatic rings. The van der Waals surface area contributed by atoms with E-state index < -0.39 is 39.9 Å². The zero-order valence-electron chi connectivity index (χ0n) is 18.0. The minimum atomic E-state index is -1.05. The highest BCUT2D eigenvalue weighted by molar-refractivity contribution is 6.31. The van der Waals surface area contributed by atoms with Crippen LogP contribution in [0.4, 0.5) is 10.2 Å². The molecule has 2 N–H and O–H groups in total. The number of hydrogen-bond donors (Lipinski definition) is 2. The van der Waals surface area contributed by atoms with Crippen molar-refractivity contribution in [3.05, 3.63) is 58.0 Å². The highest BCUT2D eigenvalue weighted by Crippen LogP contribution is 2.75. The zero-order chi connectivity index (χ0) is 24.7. The third kappa shape index (κ3) is 4.59. The van der Waals surface area contributed by atoms with Gasteiger partial charge in [0.25, 0.3) is 0 Å². The maximum absolute atomic E-state index is 14.2. The summed E-state index contributed by atoms with van der Waals surface area (Å²) in [6.45, 7) is 0. The zero-order valence-corrected chi connectivity index (χ0v) is 20.3. The number of alkyl halides is 1. The van der Waals surface area contributed by atoms with Crippen molar-refractivity contribution in [2.24, 2.45) is 10.8 Å². The lowest BCUT2D eigenvalue weighted by atomic mass is 9.33. The van der Waals surface area contributed by atoms with Crippen molar-refractivity contribution in [1.29, 1.82) is 0 Å². The predicted molar refractivity (Wildman–Crippen MR) is 125 cm³/mol. The third-order valence-corrected chi connectivity index (χ3v) is 7.32. The molecule has 180 valence electrons. The molecule has 5 rings (SSSR count). The average molecular weight is 529 g/mol. The Morgan fingerprint density at radius 2 is 1.76 bits per heavy atom. The van der Waals surface area contributed by atoms with E-state index in [0.29, 0.717) is 24.3 Å². The van der Waals surface area contributed by atoms with Crippen molar-refractivity contribution in [2.75, 3.05) is 12.4 Å². The van der Waals surface area contributed by atoms with Gasteiger partial charge in [-0.1, -0.05) is 35.3 Å². The van der Waals surface area contributed by atoms with Crippen molar-refractivity contribution in [3.8, 4) is 0 Å². The van der Waals surface area contributed by atoms with E-state index in [2.05, 4.69) is 15.6 Å². The Bertz CT molecular complexity index is 1130. The lowest BCUT2D eigenvalue weighted by molar-refractivity contribution is -0.233. The van der Waals surface area contributed by atoms with E-state index in [1.54, 1.807) is 24.3 Å². The van der Waals surface area contributed by atoms with Crippen LogP contribution in [0.5, 0.6) is 0 Å². The highest BCUT2D eigenvalue weighted by atomic mass is 35.5. The van der Waals surface area contributed by atoms with Gasteiger partial charge in [0.15, 0.2) is 11.6 Å². The van der Waals surface area contributed by atoms with Crippen LogP contribution in [0.3, 0.4) is 0 Å². The first-order valence-corrected chi connectivity index (χ1v) is 11.7. The summed E-state index contributed by atoms with van der Waals surface area (Å²) >= 11 is 18.0. The molecule has 11 heteroatoms. The number of aromatic nitrogens is 1. The van der Waals surface area contributed by atoms with Gasteiger partial charge in [-0.25, -0.2) is 9.37 Å². The van der Waals surface area contributed by atoms with E-state index in [1.807, 2.05) is 0 Å². The van der Waals surface area contributed by atoms with E-state index in [-0.39, 0.29) is 23.2 Å². The molecule has 1 aromatic heterocycles. The second-order valence-electron chi connectivity index (χ2n) is 8.88. The quantitative estimate of drug-likeness (QED) is 0.396. The number of esters is 1. The molecule has 1 heterocycles. The molecule has 3 fully saturated rings. The number of halogens is 4. The van der Waals surface area contributed by atoms with Gasteiger partial charge in [-0.05, 0) is 49.4 Å². The summed E-state index contributed by atoms with van der Waals surface area (Å²) in [5.74, 6) is -2.68. The SMILES string of the molecule is COC(=O)C12CC(C(NC(=O)C(Cl)Cc3ccc(Cl)cc3)C(=O)Nc3ncc(Cl)cc3F)(C1)C2. The Kier molecular flexibility index (Phi) is 6.77. The molecule has 0 aliphatic heterocycles. The molecule has 0 radical (unpaired) electrons. The number of carbonyl (C=O) groups excluding carboxylic acids is 3. The number of benzene rings is 1. The summed E-state index contributed by atoms with van der Waals surface area (Å²) in [5.41, 5.74) is -0.512. The first-order chi connectivity index (χ1) is 16.1. The molecule has 3 saturated carbocycles. The fraction of sp³-hybridized carbons (Fsp3) is 0.391. The molecule has 7 nitrogen and oxygen atoms in total. The van der Waals surface area contributed by atoms with Gasteiger partial charge >= 0.3 is 5.97 Å². The van der Waals surface area contributed by atoms with Crippen LogP contribution in [-0.4, -0.2) is 41.3 Å². The van der Waals surface area contributed by atoms with E-state index in [0.717, 1.165) is 11.6 Å². The molecule has 1 aromatic carbocycles. The van der Waals surface area contributed by atoms with Gasteiger partial charge in [0, 0.05) is 16.6 Å². The average Bonchev–Trinajstić information content (AvgIpc) is 2.74. The number of carbonyl (C=O) groups is 3. The topological polar surface area (TPSA) is 97.4 Å². The molecular weight excluding hydrogens is 508 g/mol. The number of pyridine rings is 1. The fourth-order valence-electron chi connectivity index (χ4n) is 4.95. The van der Waals surface area contributed by atoms with Crippen molar-refractivity contribution in [1.82, 2.24) is 10.3 Å². The number of anilines is 1. The van der Waals surface area contributed by atoms with E-state index in [4.69, 9.17) is 39.5 Å². The molecule has 2 atom stereocenters. The fourth-order valence-corrected chi connectivity index (χ4v) is 5.46. The Labute approximate surface area is 210 Å². The van der Waals surface area contributed by atoms with Crippen LogP contribution >= 0.6 is 34.8 Å². The number of ether oxygens (including phenoxy) is 1. The second-order valence-corrected chi connectivity index (χ2v) is 10.3. The number of nitrogens with one attached hydrogen (secondary N) is 2. The number of methoxy groups -OCH3 is 1. The number of hydrogen-bond acceptors (Lipinski definition) is 5. The highest BCUT2D eigenvalue weighted by Gasteiger charge is 2.75.